The number of sulfonamides is 1. The first kappa shape index (κ1) is 24.7. The van der Waals surface area contributed by atoms with Crippen molar-refractivity contribution in [3.63, 3.8) is 0 Å². The van der Waals surface area contributed by atoms with Gasteiger partial charge in [-0.25, -0.2) is 22.9 Å². The summed E-state index contributed by atoms with van der Waals surface area (Å²) in [6.07, 6.45) is 5.57. The minimum atomic E-state index is -3.26. The minimum Gasteiger partial charge on any atom is -0.326 e. The van der Waals surface area contributed by atoms with Crippen molar-refractivity contribution in [1.82, 2.24) is 15.0 Å². The van der Waals surface area contributed by atoms with Crippen molar-refractivity contribution in [3.05, 3.63) is 52.1 Å². The van der Waals surface area contributed by atoms with E-state index in [0.717, 1.165) is 36.8 Å². The van der Waals surface area contributed by atoms with Crippen LogP contribution in [0.25, 0.3) is 0 Å². The minimum absolute atomic E-state index is 0.152. The van der Waals surface area contributed by atoms with Crippen LogP contribution in [-0.2, 0) is 20.2 Å². The number of benzene rings is 1. The molecule has 1 aromatic heterocycles. The number of hydrogen-bond acceptors (Lipinski definition) is 5. The molecule has 0 radical (unpaired) electrons. The molecule has 1 aliphatic heterocycles. The third-order valence-corrected chi connectivity index (χ3v) is 7.26. The van der Waals surface area contributed by atoms with E-state index in [1.54, 1.807) is 4.90 Å². The maximum atomic E-state index is 13.1. The Morgan fingerprint density at radius 2 is 1.94 bits per heavy atom. The number of amides is 3. The second-order valence-corrected chi connectivity index (χ2v) is 11.4. The number of anilines is 2. The zero-order valence-electron chi connectivity index (χ0n) is 18.5. The highest BCUT2D eigenvalue weighted by Gasteiger charge is 2.44. The number of urea groups is 1. The van der Waals surface area contributed by atoms with Gasteiger partial charge in [0.25, 0.3) is 0 Å². The quantitative estimate of drug-likeness (QED) is 0.512. The number of carbonyl (C=O) groups is 2. The van der Waals surface area contributed by atoms with Crippen LogP contribution in [0.1, 0.15) is 31.2 Å². The molecule has 2 aliphatic rings. The maximum Gasteiger partial charge on any atom is 0.321 e. The van der Waals surface area contributed by atoms with Gasteiger partial charge in [-0.1, -0.05) is 35.3 Å². The molecule has 1 atom stereocenters. The fourth-order valence-corrected chi connectivity index (χ4v) is 5.02. The van der Waals surface area contributed by atoms with Gasteiger partial charge >= 0.3 is 6.03 Å². The molecule has 0 spiro atoms. The molecule has 3 N–H and O–H groups in total. The second-order valence-electron chi connectivity index (χ2n) is 8.69. The molecule has 4 rings (SSSR count). The number of aromatic nitrogens is 1. The Morgan fingerprint density at radius 1 is 1.24 bits per heavy atom. The van der Waals surface area contributed by atoms with E-state index in [2.05, 4.69) is 20.3 Å². The Bertz CT molecular complexity index is 1200. The summed E-state index contributed by atoms with van der Waals surface area (Å²) in [6, 6.07) is 7.82. The third kappa shape index (κ3) is 5.80. The maximum absolute atomic E-state index is 13.1. The van der Waals surface area contributed by atoms with Gasteiger partial charge in [-0.2, -0.15) is 0 Å². The van der Waals surface area contributed by atoms with Gasteiger partial charge in [0, 0.05) is 30.4 Å². The van der Waals surface area contributed by atoms with E-state index < -0.39 is 22.1 Å². The molecule has 1 aromatic carbocycles. The molecule has 1 saturated heterocycles. The average Bonchev–Trinajstić information content (AvgIpc) is 3.57. The van der Waals surface area contributed by atoms with E-state index in [-0.39, 0.29) is 22.2 Å². The monoisotopic (exact) mass is 525 g/mol. The van der Waals surface area contributed by atoms with Crippen molar-refractivity contribution in [2.45, 2.75) is 37.1 Å². The number of hydrogen-bond donors (Lipinski definition) is 3. The lowest BCUT2D eigenvalue weighted by molar-refractivity contribution is -0.121. The molecule has 2 aromatic rings. The molecule has 0 bridgehead atoms. The smallest absolute Gasteiger partial charge is 0.321 e. The molecule has 182 valence electrons. The van der Waals surface area contributed by atoms with Crippen molar-refractivity contribution in [2.24, 2.45) is 0 Å². The first-order chi connectivity index (χ1) is 16.1. The first-order valence-electron chi connectivity index (χ1n) is 10.8. The van der Waals surface area contributed by atoms with Crippen LogP contribution >= 0.6 is 23.2 Å². The molecular weight excluding hydrogens is 501 g/mol. The Morgan fingerprint density at radius 3 is 2.56 bits per heavy atom. The SMILES string of the molecule is CS(=O)(=O)NCC1(c2ccc(N3CCC[C@@H](NC(=O)Nc4ncc(Cl)cc4Cl)C3=O)cc2)CC1. The van der Waals surface area contributed by atoms with Crippen LogP contribution in [-0.4, -0.2) is 50.7 Å². The molecule has 0 unspecified atom stereocenters. The second kappa shape index (κ2) is 9.69. The number of nitrogens with one attached hydrogen (secondary N) is 3. The fraction of sp³-hybridized carbons (Fsp3) is 0.409. The van der Waals surface area contributed by atoms with Crippen LogP contribution in [0, 0.1) is 0 Å². The molecule has 2 fully saturated rings. The average molecular weight is 526 g/mol. The predicted molar refractivity (Wildman–Crippen MR) is 132 cm³/mol. The van der Waals surface area contributed by atoms with Crippen molar-refractivity contribution in [3.8, 4) is 0 Å². The Labute approximate surface area is 208 Å². The van der Waals surface area contributed by atoms with E-state index in [1.807, 2.05) is 24.3 Å². The molecule has 1 saturated carbocycles. The topological polar surface area (TPSA) is 120 Å². The lowest BCUT2D eigenvalue weighted by atomic mass is 9.95. The van der Waals surface area contributed by atoms with E-state index >= 15 is 0 Å². The van der Waals surface area contributed by atoms with Crippen LogP contribution < -0.4 is 20.3 Å². The highest BCUT2D eigenvalue weighted by Crippen LogP contribution is 2.48. The summed E-state index contributed by atoms with van der Waals surface area (Å²) < 4.78 is 25.5. The van der Waals surface area contributed by atoms with Crippen LogP contribution in [0.5, 0.6) is 0 Å². The van der Waals surface area contributed by atoms with Crippen LogP contribution in [0.2, 0.25) is 10.0 Å². The number of halogens is 2. The van der Waals surface area contributed by atoms with Crippen molar-refractivity contribution < 1.29 is 18.0 Å². The van der Waals surface area contributed by atoms with Gasteiger partial charge in [0.05, 0.1) is 16.3 Å². The number of carbonyl (C=O) groups excluding carboxylic acids is 2. The molecule has 3 amide bonds. The van der Waals surface area contributed by atoms with E-state index in [9.17, 15) is 18.0 Å². The zero-order chi connectivity index (χ0) is 24.5. The van der Waals surface area contributed by atoms with Gasteiger partial charge in [-0.15, -0.1) is 0 Å². The fourth-order valence-electron chi connectivity index (χ4n) is 4.06. The molecule has 2 heterocycles. The van der Waals surface area contributed by atoms with E-state index in [4.69, 9.17) is 23.2 Å². The Kier molecular flexibility index (Phi) is 7.04. The predicted octanol–water partition coefficient (Wildman–Crippen LogP) is 3.29. The largest absolute Gasteiger partial charge is 0.326 e. The molecule has 12 heteroatoms. The van der Waals surface area contributed by atoms with Gasteiger partial charge in [-0.05, 0) is 49.4 Å². The number of nitrogens with zero attached hydrogens (tertiary/aromatic N) is 2. The van der Waals surface area contributed by atoms with Crippen LogP contribution in [0.4, 0.5) is 16.3 Å². The van der Waals surface area contributed by atoms with E-state index in [1.165, 1.54) is 12.3 Å². The van der Waals surface area contributed by atoms with Crippen molar-refractivity contribution in [1.29, 1.82) is 0 Å². The van der Waals surface area contributed by atoms with Gasteiger partial charge in [-0.3, -0.25) is 10.1 Å². The summed E-state index contributed by atoms with van der Waals surface area (Å²) in [6.45, 7) is 0.907. The van der Waals surface area contributed by atoms with Crippen molar-refractivity contribution >= 4 is 56.7 Å². The van der Waals surface area contributed by atoms with E-state index in [0.29, 0.717) is 24.5 Å². The summed E-state index contributed by atoms with van der Waals surface area (Å²) in [5, 5.41) is 5.78. The number of rotatable bonds is 7. The third-order valence-electron chi connectivity index (χ3n) is 6.10. The zero-order valence-corrected chi connectivity index (χ0v) is 20.8. The normalized spacial score (nSPS) is 19.6. The summed E-state index contributed by atoms with van der Waals surface area (Å²) >= 11 is 11.9. The van der Waals surface area contributed by atoms with Gasteiger partial charge in [0.1, 0.15) is 6.04 Å². The van der Waals surface area contributed by atoms with Crippen LogP contribution in [0.3, 0.4) is 0 Å². The summed E-state index contributed by atoms with van der Waals surface area (Å²) in [7, 11) is -3.26. The lowest BCUT2D eigenvalue weighted by Gasteiger charge is -2.33. The van der Waals surface area contributed by atoms with Crippen molar-refractivity contribution in [2.75, 3.05) is 29.6 Å². The Balaban J connectivity index is 1.39. The summed E-state index contributed by atoms with van der Waals surface area (Å²) in [4.78, 5) is 31.1. The summed E-state index contributed by atoms with van der Waals surface area (Å²) in [5.41, 5.74) is 1.58. The molecule has 9 nitrogen and oxygen atoms in total. The van der Waals surface area contributed by atoms with Gasteiger partial charge < -0.3 is 10.2 Å². The molecular formula is C22H25Cl2N5O4S. The van der Waals surface area contributed by atoms with Gasteiger partial charge in [0.2, 0.25) is 15.9 Å². The molecule has 34 heavy (non-hydrogen) atoms. The highest BCUT2D eigenvalue weighted by atomic mass is 35.5. The Hall–Kier alpha value is -2.40. The highest BCUT2D eigenvalue weighted by molar-refractivity contribution is 7.88. The summed E-state index contributed by atoms with van der Waals surface area (Å²) in [5.74, 6) is -0.0529. The standard InChI is InChI=1S/C22H25Cl2N5O4S/c1-34(32,33)26-13-22(8-9-22)14-4-6-16(7-5-14)29-10-2-3-18(20(29)30)27-21(31)28-19-17(24)11-15(23)12-25-19/h4-7,11-12,18,26H,2-3,8-10,13H2,1H3,(H2,25,27,28,31)/t18-/m1/s1. The number of piperidine rings is 1. The molecule has 1 aliphatic carbocycles. The lowest BCUT2D eigenvalue weighted by Crippen LogP contribution is -2.53. The number of pyridine rings is 1. The van der Waals surface area contributed by atoms with Crippen LogP contribution in [0.15, 0.2) is 36.5 Å². The van der Waals surface area contributed by atoms with Gasteiger partial charge in [0.15, 0.2) is 5.82 Å². The first-order valence-corrected chi connectivity index (χ1v) is 13.5.